The van der Waals surface area contributed by atoms with E-state index in [1.54, 1.807) is 25.1 Å². The summed E-state index contributed by atoms with van der Waals surface area (Å²) >= 11 is 6.57. The van der Waals surface area contributed by atoms with E-state index in [0.717, 1.165) is 23.0 Å². The zero-order valence-electron chi connectivity index (χ0n) is 14.7. The number of thiazole rings is 1. The Morgan fingerprint density at radius 3 is 2.66 bits per heavy atom. The van der Waals surface area contributed by atoms with Gasteiger partial charge in [0.05, 0.1) is 4.70 Å². The first-order valence-electron chi connectivity index (χ1n) is 8.03. The van der Waals surface area contributed by atoms with Crippen LogP contribution in [0.3, 0.4) is 0 Å². The third kappa shape index (κ3) is 4.96. The molecule has 1 amide bonds. The van der Waals surface area contributed by atoms with Gasteiger partial charge in [-0.05, 0) is 36.8 Å². The molecule has 3 aromatic rings. The van der Waals surface area contributed by atoms with Crippen LogP contribution in [0.4, 0.5) is 18.3 Å². The molecule has 0 aliphatic rings. The van der Waals surface area contributed by atoms with E-state index in [4.69, 9.17) is 21.1 Å². The Balaban J connectivity index is 1.52. The van der Waals surface area contributed by atoms with Gasteiger partial charge in [-0.3, -0.25) is 10.1 Å². The standard InChI is InChI=1S/C18H12ClF3N2O4S/c1-8-4-9(19)2-3-11(8)27-7-14(26)28-6-13(25)23-18-24-17-12(29-18)5-10(20)15(21)16(17)22/h2-5H,6-7H2,1H3,(H,23,24,25). The molecule has 11 heteroatoms. The molecule has 152 valence electrons. The summed E-state index contributed by atoms with van der Waals surface area (Å²) in [5.74, 6) is -5.58. The molecule has 0 bridgehead atoms. The molecule has 2 aromatic carbocycles. The minimum absolute atomic E-state index is 0.0143. The van der Waals surface area contributed by atoms with Crippen molar-refractivity contribution >= 4 is 50.2 Å². The predicted octanol–water partition coefficient (Wildman–Crippen LogP) is 4.24. The number of carbonyl (C=O) groups is 2. The number of aryl methyl sites for hydroxylation is 1. The van der Waals surface area contributed by atoms with Gasteiger partial charge in [0.2, 0.25) is 0 Å². The van der Waals surface area contributed by atoms with Crippen molar-refractivity contribution in [1.29, 1.82) is 0 Å². The normalized spacial score (nSPS) is 10.8. The maximum Gasteiger partial charge on any atom is 0.344 e. The lowest BCUT2D eigenvalue weighted by Gasteiger charge is -2.09. The zero-order valence-corrected chi connectivity index (χ0v) is 16.3. The summed E-state index contributed by atoms with van der Waals surface area (Å²) in [6.45, 7) is 0.669. The number of anilines is 1. The lowest BCUT2D eigenvalue weighted by molar-refractivity contribution is -0.149. The molecule has 0 saturated carbocycles. The van der Waals surface area contributed by atoms with Crippen molar-refractivity contribution in [2.24, 2.45) is 0 Å². The summed E-state index contributed by atoms with van der Waals surface area (Å²) in [6, 6.07) is 5.63. The Bertz CT molecular complexity index is 1110. The first-order chi connectivity index (χ1) is 13.7. The van der Waals surface area contributed by atoms with Crippen molar-refractivity contribution in [3.05, 3.63) is 52.3 Å². The van der Waals surface area contributed by atoms with Crippen LogP contribution in [0.15, 0.2) is 24.3 Å². The molecule has 0 aliphatic carbocycles. The van der Waals surface area contributed by atoms with Gasteiger partial charge in [-0.2, -0.15) is 0 Å². The van der Waals surface area contributed by atoms with E-state index in [-0.39, 0.29) is 9.83 Å². The van der Waals surface area contributed by atoms with E-state index in [2.05, 4.69) is 10.3 Å². The summed E-state index contributed by atoms with van der Waals surface area (Å²) in [4.78, 5) is 27.3. The second kappa shape index (κ2) is 8.66. The van der Waals surface area contributed by atoms with Crippen LogP contribution < -0.4 is 10.1 Å². The number of carbonyl (C=O) groups excluding carboxylic acids is 2. The molecular weight excluding hydrogens is 433 g/mol. The van der Waals surface area contributed by atoms with Crippen molar-refractivity contribution in [2.75, 3.05) is 18.5 Å². The van der Waals surface area contributed by atoms with Crippen molar-refractivity contribution in [3.8, 4) is 5.75 Å². The van der Waals surface area contributed by atoms with Crippen LogP contribution in [0.2, 0.25) is 5.02 Å². The Labute approximate surface area is 171 Å². The number of nitrogens with one attached hydrogen (secondary N) is 1. The van der Waals surface area contributed by atoms with Crippen LogP contribution in [-0.2, 0) is 14.3 Å². The number of nitrogens with zero attached hydrogens (tertiary/aromatic N) is 1. The van der Waals surface area contributed by atoms with Crippen molar-refractivity contribution < 1.29 is 32.2 Å². The number of aromatic nitrogens is 1. The summed E-state index contributed by atoms with van der Waals surface area (Å²) < 4.78 is 50.2. The number of benzene rings is 2. The highest BCUT2D eigenvalue weighted by Crippen LogP contribution is 2.30. The van der Waals surface area contributed by atoms with Gasteiger partial charge in [0, 0.05) is 5.02 Å². The summed E-state index contributed by atoms with van der Waals surface area (Å²) in [7, 11) is 0. The van der Waals surface area contributed by atoms with Crippen LogP contribution in [0, 0.1) is 24.4 Å². The van der Waals surface area contributed by atoms with Crippen LogP contribution in [0.1, 0.15) is 5.56 Å². The summed E-state index contributed by atoms with van der Waals surface area (Å²) in [5, 5.41) is 2.69. The zero-order chi connectivity index (χ0) is 21.1. The first kappa shape index (κ1) is 20.9. The number of rotatable bonds is 6. The summed E-state index contributed by atoms with van der Waals surface area (Å²) in [5.41, 5.74) is 0.312. The number of halogens is 4. The minimum Gasteiger partial charge on any atom is -0.482 e. The van der Waals surface area contributed by atoms with E-state index >= 15 is 0 Å². The SMILES string of the molecule is Cc1cc(Cl)ccc1OCC(=O)OCC(=O)Nc1nc2c(F)c(F)c(F)cc2s1. The topological polar surface area (TPSA) is 77.5 Å². The first-order valence-corrected chi connectivity index (χ1v) is 9.22. The third-order valence-electron chi connectivity index (χ3n) is 3.61. The molecule has 0 atom stereocenters. The van der Waals surface area contributed by atoms with Gasteiger partial charge < -0.3 is 9.47 Å². The Morgan fingerprint density at radius 2 is 1.93 bits per heavy atom. The van der Waals surface area contributed by atoms with Crippen LogP contribution >= 0.6 is 22.9 Å². The lowest BCUT2D eigenvalue weighted by atomic mass is 10.2. The predicted molar refractivity (Wildman–Crippen MR) is 101 cm³/mol. The Hall–Kier alpha value is -2.85. The molecule has 1 N–H and O–H groups in total. The quantitative estimate of drug-likeness (QED) is 0.454. The van der Waals surface area contributed by atoms with Crippen molar-refractivity contribution in [1.82, 2.24) is 4.98 Å². The van der Waals surface area contributed by atoms with Gasteiger partial charge in [0.15, 0.2) is 35.8 Å². The number of ether oxygens (including phenoxy) is 2. The van der Waals surface area contributed by atoms with Crippen LogP contribution in [0.25, 0.3) is 10.2 Å². The molecular formula is C18H12ClF3N2O4S. The monoisotopic (exact) mass is 444 g/mol. The lowest BCUT2D eigenvalue weighted by Crippen LogP contribution is -2.23. The molecule has 0 unspecified atom stereocenters. The minimum atomic E-state index is -1.65. The van der Waals surface area contributed by atoms with E-state index in [1.165, 1.54) is 0 Å². The van der Waals surface area contributed by atoms with Crippen LogP contribution in [-0.4, -0.2) is 30.1 Å². The molecule has 1 heterocycles. The van der Waals surface area contributed by atoms with Gasteiger partial charge in [-0.25, -0.2) is 22.9 Å². The average Bonchev–Trinajstić information content (AvgIpc) is 3.06. The molecule has 1 aromatic heterocycles. The number of fused-ring (bicyclic) bond motifs is 1. The van der Waals surface area contributed by atoms with E-state index in [0.29, 0.717) is 10.8 Å². The van der Waals surface area contributed by atoms with Gasteiger partial charge in [-0.1, -0.05) is 22.9 Å². The highest BCUT2D eigenvalue weighted by Gasteiger charge is 2.18. The molecule has 0 aliphatic heterocycles. The fourth-order valence-corrected chi connectivity index (χ4v) is 3.41. The van der Waals surface area contributed by atoms with E-state index in [1.807, 2.05) is 0 Å². The van der Waals surface area contributed by atoms with Crippen molar-refractivity contribution in [2.45, 2.75) is 6.92 Å². The second-order valence-corrected chi connectivity index (χ2v) is 7.23. The number of hydrogen-bond acceptors (Lipinski definition) is 6. The fourth-order valence-electron chi connectivity index (χ4n) is 2.28. The van der Waals surface area contributed by atoms with Gasteiger partial charge in [-0.15, -0.1) is 0 Å². The smallest absolute Gasteiger partial charge is 0.344 e. The van der Waals surface area contributed by atoms with Crippen molar-refractivity contribution in [3.63, 3.8) is 0 Å². The molecule has 3 rings (SSSR count). The van der Waals surface area contributed by atoms with Gasteiger partial charge in [0.25, 0.3) is 5.91 Å². The maximum atomic E-state index is 13.7. The second-order valence-electron chi connectivity index (χ2n) is 5.76. The molecule has 0 radical (unpaired) electrons. The Kier molecular flexibility index (Phi) is 6.23. The van der Waals surface area contributed by atoms with Gasteiger partial charge in [0.1, 0.15) is 11.3 Å². The van der Waals surface area contributed by atoms with E-state index in [9.17, 15) is 22.8 Å². The van der Waals surface area contributed by atoms with Gasteiger partial charge >= 0.3 is 5.97 Å². The average molecular weight is 445 g/mol. The molecule has 0 spiro atoms. The molecule has 29 heavy (non-hydrogen) atoms. The molecule has 0 fully saturated rings. The number of amides is 1. The molecule has 0 saturated heterocycles. The summed E-state index contributed by atoms with van der Waals surface area (Å²) in [6.07, 6.45) is 0. The maximum absolute atomic E-state index is 13.7. The number of esters is 1. The Morgan fingerprint density at radius 1 is 1.17 bits per heavy atom. The fraction of sp³-hybridized carbons (Fsp3) is 0.167. The van der Waals surface area contributed by atoms with Crippen LogP contribution in [0.5, 0.6) is 5.75 Å². The molecule has 6 nitrogen and oxygen atoms in total. The highest BCUT2D eigenvalue weighted by atomic mass is 35.5. The third-order valence-corrected chi connectivity index (χ3v) is 4.77. The highest BCUT2D eigenvalue weighted by molar-refractivity contribution is 7.22. The van der Waals surface area contributed by atoms with E-state index < -0.39 is 48.1 Å². The largest absolute Gasteiger partial charge is 0.482 e. The number of hydrogen-bond donors (Lipinski definition) is 1.